The zero-order valence-electron chi connectivity index (χ0n) is 13.0. The van der Waals surface area contributed by atoms with E-state index >= 15 is 0 Å². The van der Waals surface area contributed by atoms with Crippen LogP contribution in [0.15, 0.2) is 36.5 Å². The number of imidazole rings is 1. The van der Waals surface area contributed by atoms with Crippen molar-refractivity contribution in [3.63, 3.8) is 0 Å². The fourth-order valence-electron chi connectivity index (χ4n) is 1.92. The molecule has 0 aliphatic heterocycles. The number of carbonyl (C=O) groups excluding carboxylic acids is 1. The summed E-state index contributed by atoms with van der Waals surface area (Å²) in [6.07, 6.45) is 1.58. The van der Waals surface area contributed by atoms with Crippen molar-refractivity contribution in [2.75, 3.05) is 6.54 Å². The number of nitrogens with one attached hydrogen (secondary N) is 2. The summed E-state index contributed by atoms with van der Waals surface area (Å²) < 4.78 is 2.13. The molecule has 3 N–H and O–H groups in total. The first kappa shape index (κ1) is 16.5. The number of aromatic nitrogens is 2. The molecule has 0 radical (unpaired) electrons. The lowest BCUT2D eigenvalue weighted by atomic mass is 9.92. The first-order valence-corrected chi connectivity index (χ1v) is 7.60. The Morgan fingerprint density at radius 1 is 1.41 bits per heavy atom. The molecule has 2 rings (SSSR count). The van der Waals surface area contributed by atoms with Crippen LogP contribution in [0, 0.1) is 10.7 Å². The highest BCUT2D eigenvalue weighted by molar-refractivity contribution is 7.71. The highest BCUT2D eigenvalue weighted by atomic mass is 32.1. The maximum Gasteiger partial charge on any atom is 0.269 e. The van der Waals surface area contributed by atoms with Crippen LogP contribution < -0.4 is 5.32 Å². The van der Waals surface area contributed by atoms with Gasteiger partial charge in [0.1, 0.15) is 5.69 Å². The molecule has 0 saturated heterocycles. The molecule has 0 aliphatic rings. The quantitative estimate of drug-likeness (QED) is 0.742. The van der Waals surface area contributed by atoms with Crippen LogP contribution in [0.1, 0.15) is 31.3 Å². The Labute approximate surface area is 135 Å². The standard InChI is InChI=1S/C16H21N3O2S/c1-11(2)16(3,21)10-18-14(20)13-9-17-15(22)19(13)12-7-5-4-6-8-12/h4-9,11,21H,10H2,1-3H3,(H,17,22)(H,18,20). The summed E-state index contributed by atoms with van der Waals surface area (Å²) >= 11 is 5.25. The van der Waals surface area contributed by atoms with Gasteiger partial charge >= 0.3 is 0 Å². The van der Waals surface area contributed by atoms with Crippen LogP contribution >= 0.6 is 12.2 Å². The van der Waals surface area contributed by atoms with Gasteiger partial charge in [0.25, 0.3) is 5.91 Å². The number of aliphatic hydroxyl groups is 1. The van der Waals surface area contributed by atoms with Gasteiger partial charge in [0.15, 0.2) is 4.77 Å². The molecule has 0 fully saturated rings. The van der Waals surface area contributed by atoms with E-state index in [9.17, 15) is 9.90 Å². The minimum Gasteiger partial charge on any atom is -0.388 e. The number of para-hydroxylation sites is 1. The molecule has 5 nitrogen and oxygen atoms in total. The Kier molecular flexibility index (Phi) is 4.83. The van der Waals surface area contributed by atoms with E-state index in [-0.39, 0.29) is 18.4 Å². The Morgan fingerprint density at radius 3 is 2.64 bits per heavy atom. The summed E-state index contributed by atoms with van der Waals surface area (Å²) in [5, 5.41) is 13.0. The molecule has 0 bridgehead atoms. The minimum absolute atomic E-state index is 0.0368. The van der Waals surface area contributed by atoms with E-state index in [1.165, 1.54) is 0 Å². The summed E-state index contributed by atoms with van der Waals surface area (Å²) in [5.74, 6) is -0.244. The van der Waals surface area contributed by atoms with E-state index in [4.69, 9.17) is 12.2 Å². The molecular formula is C16H21N3O2S. The number of benzene rings is 1. The molecule has 6 heteroatoms. The van der Waals surface area contributed by atoms with Crippen molar-refractivity contribution in [2.24, 2.45) is 5.92 Å². The second-order valence-electron chi connectivity index (χ2n) is 5.84. The van der Waals surface area contributed by atoms with Crippen LogP contribution in [0.3, 0.4) is 0 Å². The molecule has 1 heterocycles. The maximum atomic E-state index is 12.4. The van der Waals surface area contributed by atoms with Crippen molar-refractivity contribution in [2.45, 2.75) is 26.4 Å². The SMILES string of the molecule is CC(C)C(C)(O)CNC(=O)c1c[nH]c(=S)n1-c1ccccc1. The van der Waals surface area contributed by atoms with Crippen molar-refractivity contribution in [3.8, 4) is 5.69 Å². The lowest BCUT2D eigenvalue weighted by molar-refractivity contribution is 0.0141. The molecule has 1 atom stereocenters. The molecule has 1 unspecified atom stereocenters. The zero-order chi connectivity index (χ0) is 16.3. The van der Waals surface area contributed by atoms with Crippen LogP contribution in [0.5, 0.6) is 0 Å². The fraction of sp³-hybridized carbons (Fsp3) is 0.375. The van der Waals surface area contributed by atoms with Gasteiger partial charge < -0.3 is 15.4 Å². The van der Waals surface area contributed by atoms with Crippen molar-refractivity contribution in [1.29, 1.82) is 0 Å². The summed E-state index contributed by atoms with van der Waals surface area (Å²) in [4.78, 5) is 15.3. The van der Waals surface area contributed by atoms with Crippen LogP contribution in [-0.4, -0.2) is 32.7 Å². The fourth-order valence-corrected chi connectivity index (χ4v) is 2.19. The molecule has 1 aromatic heterocycles. The number of rotatable bonds is 5. The number of aromatic amines is 1. The third-order valence-corrected chi connectivity index (χ3v) is 4.17. The van der Waals surface area contributed by atoms with Gasteiger partial charge in [-0.15, -0.1) is 0 Å². The van der Waals surface area contributed by atoms with Gasteiger partial charge in [0.05, 0.1) is 5.60 Å². The number of carbonyl (C=O) groups is 1. The molecule has 1 amide bonds. The Morgan fingerprint density at radius 2 is 2.05 bits per heavy atom. The average Bonchev–Trinajstić information content (AvgIpc) is 2.87. The molecule has 1 aromatic carbocycles. The lowest BCUT2D eigenvalue weighted by Crippen LogP contribution is -2.44. The molecule has 0 spiro atoms. The van der Waals surface area contributed by atoms with Gasteiger partial charge in [-0.2, -0.15) is 0 Å². The summed E-state index contributed by atoms with van der Waals surface area (Å²) in [6.45, 7) is 5.71. The molecule has 118 valence electrons. The first-order valence-electron chi connectivity index (χ1n) is 7.19. The van der Waals surface area contributed by atoms with Crippen LogP contribution in [0.2, 0.25) is 0 Å². The lowest BCUT2D eigenvalue weighted by Gasteiger charge is -2.27. The normalized spacial score (nSPS) is 13.9. The molecule has 0 saturated carbocycles. The minimum atomic E-state index is -0.958. The van der Waals surface area contributed by atoms with E-state index in [1.54, 1.807) is 17.7 Å². The molecule has 22 heavy (non-hydrogen) atoms. The molecule has 2 aromatic rings. The van der Waals surface area contributed by atoms with Gasteiger partial charge in [-0.05, 0) is 37.2 Å². The van der Waals surface area contributed by atoms with Gasteiger partial charge in [-0.1, -0.05) is 32.0 Å². The predicted octanol–water partition coefficient (Wildman–Crippen LogP) is 2.67. The van der Waals surface area contributed by atoms with E-state index in [1.807, 2.05) is 44.2 Å². The molecular weight excluding hydrogens is 298 g/mol. The van der Waals surface area contributed by atoms with E-state index in [2.05, 4.69) is 10.3 Å². The van der Waals surface area contributed by atoms with E-state index < -0.39 is 5.60 Å². The maximum absolute atomic E-state index is 12.4. The van der Waals surface area contributed by atoms with Gasteiger partial charge in [-0.25, -0.2) is 0 Å². The van der Waals surface area contributed by atoms with E-state index in [0.717, 1.165) is 5.69 Å². The van der Waals surface area contributed by atoms with Crippen molar-refractivity contribution in [3.05, 3.63) is 47.0 Å². The second-order valence-corrected chi connectivity index (χ2v) is 6.23. The second kappa shape index (κ2) is 6.46. The highest BCUT2D eigenvalue weighted by Gasteiger charge is 2.26. The van der Waals surface area contributed by atoms with Crippen LogP contribution in [0.4, 0.5) is 0 Å². The number of hydrogen-bond acceptors (Lipinski definition) is 3. The first-order chi connectivity index (χ1) is 10.3. The Bertz CT molecular complexity index is 702. The Hall–Kier alpha value is -1.92. The third-order valence-electron chi connectivity index (χ3n) is 3.87. The van der Waals surface area contributed by atoms with Crippen LogP contribution in [0.25, 0.3) is 5.69 Å². The van der Waals surface area contributed by atoms with Gasteiger partial charge in [0.2, 0.25) is 0 Å². The highest BCUT2D eigenvalue weighted by Crippen LogP contribution is 2.16. The van der Waals surface area contributed by atoms with E-state index in [0.29, 0.717) is 10.5 Å². The number of H-pyrrole nitrogens is 1. The monoisotopic (exact) mass is 319 g/mol. The van der Waals surface area contributed by atoms with Crippen LogP contribution in [-0.2, 0) is 0 Å². The summed E-state index contributed by atoms with van der Waals surface area (Å²) in [7, 11) is 0. The summed E-state index contributed by atoms with van der Waals surface area (Å²) in [6, 6.07) is 9.43. The number of nitrogens with zero attached hydrogens (tertiary/aromatic N) is 1. The Balaban J connectivity index is 2.24. The molecule has 0 aliphatic carbocycles. The third kappa shape index (κ3) is 3.45. The predicted molar refractivity (Wildman–Crippen MR) is 88.7 cm³/mol. The number of amides is 1. The van der Waals surface area contributed by atoms with Gasteiger partial charge in [0, 0.05) is 18.4 Å². The smallest absolute Gasteiger partial charge is 0.269 e. The van der Waals surface area contributed by atoms with Crippen molar-refractivity contribution >= 4 is 18.1 Å². The zero-order valence-corrected chi connectivity index (χ0v) is 13.8. The number of hydrogen-bond donors (Lipinski definition) is 3. The van der Waals surface area contributed by atoms with Crippen molar-refractivity contribution < 1.29 is 9.90 Å². The average molecular weight is 319 g/mol. The van der Waals surface area contributed by atoms with Crippen molar-refractivity contribution in [1.82, 2.24) is 14.9 Å². The summed E-state index contributed by atoms with van der Waals surface area (Å²) in [5.41, 5.74) is 0.269. The topological polar surface area (TPSA) is 70.1 Å². The largest absolute Gasteiger partial charge is 0.388 e. The van der Waals surface area contributed by atoms with Gasteiger partial charge in [-0.3, -0.25) is 9.36 Å².